The summed E-state index contributed by atoms with van der Waals surface area (Å²) in [4.78, 5) is 0. The van der Waals surface area contributed by atoms with E-state index in [9.17, 15) is 8.42 Å². The summed E-state index contributed by atoms with van der Waals surface area (Å²) >= 11 is 0. The number of ether oxygens (including phenoxy) is 1. The predicted octanol–water partition coefficient (Wildman–Crippen LogP) is 5.92. The van der Waals surface area contributed by atoms with Crippen molar-refractivity contribution in [2.24, 2.45) is 5.92 Å². The summed E-state index contributed by atoms with van der Waals surface area (Å²) in [5.74, 6) is 0.504. The van der Waals surface area contributed by atoms with Crippen LogP contribution in [0.1, 0.15) is 48.8 Å². The Hall–Kier alpha value is -2.47. The Morgan fingerprint density at radius 3 is 1.55 bits per heavy atom. The van der Waals surface area contributed by atoms with Gasteiger partial charge in [-0.3, -0.25) is 4.18 Å². The van der Waals surface area contributed by atoms with E-state index in [-0.39, 0.29) is 6.10 Å². The van der Waals surface area contributed by atoms with E-state index in [2.05, 4.69) is 72.8 Å². The molecule has 0 aliphatic heterocycles. The van der Waals surface area contributed by atoms with E-state index in [0.717, 1.165) is 55.1 Å². The van der Waals surface area contributed by atoms with Crippen LogP contribution in [0.5, 0.6) is 0 Å². The summed E-state index contributed by atoms with van der Waals surface area (Å²) in [5, 5.41) is 0. The Morgan fingerprint density at radius 2 is 1.15 bits per heavy atom. The Balaban J connectivity index is 1.54. The highest BCUT2D eigenvalue weighted by Crippen LogP contribution is 2.41. The monoisotopic (exact) mass is 464 g/mol. The van der Waals surface area contributed by atoms with E-state index in [1.165, 1.54) is 0 Å². The topological polar surface area (TPSA) is 52.6 Å². The molecule has 1 fully saturated rings. The lowest BCUT2D eigenvalue weighted by Gasteiger charge is -2.37. The highest BCUT2D eigenvalue weighted by atomic mass is 32.2. The van der Waals surface area contributed by atoms with Crippen LogP contribution in [0.25, 0.3) is 0 Å². The fraction of sp³-hybridized carbons (Fsp3) is 0.357. The van der Waals surface area contributed by atoms with Gasteiger partial charge >= 0.3 is 0 Å². The number of benzene rings is 3. The van der Waals surface area contributed by atoms with Crippen molar-refractivity contribution >= 4 is 10.1 Å². The summed E-state index contributed by atoms with van der Waals surface area (Å²) in [6.07, 6.45) is 5.34. The standard InChI is InChI=1S/C28H32O4S/c1-33(29,30)32-27-19-17-23(18-20-27)21-22-31-28(24-11-5-2-6-12-24,25-13-7-3-8-14-25)26-15-9-4-10-16-26/h2-16,23,27H,17-22H2,1H3. The van der Waals surface area contributed by atoms with Crippen LogP contribution in [0.15, 0.2) is 91.0 Å². The van der Waals surface area contributed by atoms with E-state index >= 15 is 0 Å². The SMILES string of the molecule is CS(=O)(=O)OC1CCC(CCOC(c2ccccc2)(c2ccccc2)c2ccccc2)CC1. The molecule has 4 rings (SSSR count). The lowest BCUT2D eigenvalue weighted by molar-refractivity contribution is 0.00108. The summed E-state index contributed by atoms with van der Waals surface area (Å²) in [6.45, 7) is 0.612. The maximum absolute atomic E-state index is 11.4. The van der Waals surface area contributed by atoms with Crippen molar-refractivity contribution in [2.45, 2.75) is 43.8 Å². The van der Waals surface area contributed by atoms with Crippen molar-refractivity contribution in [3.63, 3.8) is 0 Å². The van der Waals surface area contributed by atoms with Gasteiger partial charge < -0.3 is 4.74 Å². The first-order valence-corrected chi connectivity index (χ1v) is 13.5. The van der Waals surface area contributed by atoms with Crippen molar-refractivity contribution in [3.05, 3.63) is 108 Å². The average Bonchev–Trinajstić information content (AvgIpc) is 2.84. The van der Waals surface area contributed by atoms with Gasteiger partial charge in [0.25, 0.3) is 10.1 Å². The first-order chi connectivity index (χ1) is 16.0. The fourth-order valence-corrected chi connectivity index (χ4v) is 5.60. The van der Waals surface area contributed by atoms with Crippen LogP contribution in [-0.4, -0.2) is 27.4 Å². The second-order valence-electron chi connectivity index (χ2n) is 8.86. The third-order valence-electron chi connectivity index (χ3n) is 6.49. The molecule has 3 aromatic carbocycles. The number of hydrogen-bond acceptors (Lipinski definition) is 4. The van der Waals surface area contributed by atoms with Crippen molar-refractivity contribution in [1.82, 2.24) is 0 Å². The maximum atomic E-state index is 11.4. The van der Waals surface area contributed by atoms with Crippen LogP contribution in [-0.2, 0) is 24.6 Å². The fourth-order valence-electron chi connectivity index (χ4n) is 4.91. The molecule has 0 unspecified atom stereocenters. The predicted molar refractivity (Wildman–Crippen MR) is 131 cm³/mol. The molecule has 4 nitrogen and oxygen atoms in total. The van der Waals surface area contributed by atoms with Gasteiger partial charge in [-0.15, -0.1) is 0 Å². The molecule has 0 saturated heterocycles. The van der Waals surface area contributed by atoms with Crippen molar-refractivity contribution < 1.29 is 17.3 Å². The molecular formula is C28H32O4S. The lowest BCUT2D eigenvalue weighted by atomic mass is 9.80. The second-order valence-corrected chi connectivity index (χ2v) is 10.5. The van der Waals surface area contributed by atoms with Gasteiger partial charge in [0.1, 0.15) is 5.60 Å². The summed E-state index contributed by atoms with van der Waals surface area (Å²) in [6, 6.07) is 31.2. The van der Waals surface area contributed by atoms with E-state index in [1.54, 1.807) is 0 Å². The number of hydrogen-bond donors (Lipinski definition) is 0. The Morgan fingerprint density at radius 1 is 0.727 bits per heavy atom. The highest BCUT2D eigenvalue weighted by molar-refractivity contribution is 7.86. The molecular weight excluding hydrogens is 432 g/mol. The largest absolute Gasteiger partial charge is 0.361 e. The van der Waals surface area contributed by atoms with Crippen LogP contribution in [0.2, 0.25) is 0 Å². The normalized spacial score (nSPS) is 19.3. The summed E-state index contributed by atoms with van der Waals surface area (Å²) in [7, 11) is -3.39. The molecule has 0 radical (unpaired) electrons. The maximum Gasteiger partial charge on any atom is 0.264 e. The molecule has 0 aromatic heterocycles. The third-order valence-corrected chi connectivity index (χ3v) is 7.11. The van der Waals surface area contributed by atoms with Gasteiger partial charge in [-0.2, -0.15) is 8.42 Å². The molecule has 0 spiro atoms. The van der Waals surface area contributed by atoms with Gasteiger partial charge in [0.2, 0.25) is 0 Å². The molecule has 0 heterocycles. The van der Waals surface area contributed by atoms with Gasteiger partial charge in [-0.25, -0.2) is 0 Å². The van der Waals surface area contributed by atoms with Crippen molar-refractivity contribution in [2.75, 3.05) is 12.9 Å². The van der Waals surface area contributed by atoms with E-state index in [1.807, 2.05) is 18.2 Å². The molecule has 1 aliphatic carbocycles. The van der Waals surface area contributed by atoms with Crippen LogP contribution in [0, 0.1) is 5.92 Å². The quantitative estimate of drug-likeness (QED) is 0.291. The minimum absolute atomic E-state index is 0.186. The molecule has 0 amide bonds. The highest BCUT2D eigenvalue weighted by Gasteiger charge is 2.37. The Bertz CT molecular complexity index is 994. The molecule has 5 heteroatoms. The lowest BCUT2D eigenvalue weighted by Crippen LogP contribution is -2.34. The zero-order valence-corrected chi connectivity index (χ0v) is 19.9. The van der Waals surface area contributed by atoms with E-state index < -0.39 is 15.7 Å². The second kappa shape index (κ2) is 10.6. The van der Waals surface area contributed by atoms with Gasteiger partial charge in [0.15, 0.2) is 0 Å². The van der Waals surface area contributed by atoms with Gasteiger partial charge in [0.05, 0.1) is 12.4 Å². The smallest absolute Gasteiger partial charge is 0.264 e. The van der Waals surface area contributed by atoms with Crippen molar-refractivity contribution in [3.8, 4) is 0 Å². The first kappa shape index (κ1) is 23.7. The Labute approximate surface area is 197 Å². The molecule has 0 atom stereocenters. The summed E-state index contributed by atoms with van der Waals surface area (Å²) < 4.78 is 34.9. The zero-order valence-electron chi connectivity index (χ0n) is 19.1. The molecule has 1 saturated carbocycles. The average molecular weight is 465 g/mol. The van der Waals surface area contributed by atoms with E-state index in [0.29, 0.717) is 12.5 Å². The van der Waals surface area contributed by atoms with Crippen LogP contribution in [0.3, 0.4) is 0 Å². The molecule has 3 aromatic rings. The van der Waals surface area contributed by atoms with Gasteiger partial charge in [0, 0.05) is 6.61 Å². The minimum Gasteiger partial charge on any atom is -0.361 e. The summed E-state index contributed by atoms with van der Waals surface area (Å²) in [5.41, 5.74) is 2.62. The first-order valence-electron chi connectivity index (χ1n) is 11.7. The molecule has 174 valence electrons. The molecule has 0 N–H and O–H groups in total. The third kappa shape index (κ3) is 5.91. The van der Waals surface area contributed by atoms with Crippen LogP contribution < -0.4 is 0 Å². The molecule has 1 aliphatic rings. The minimum atomic E-state index is -3.39. The van der Waals surface area contributed by atoms with Crippen molar-refractivity contribution in [1.29, 1.82) is 0 Å². The van der Waals surface area contributed by atoms with Gasteiger partial charge in [-0.05, 0) is 54.7 Å². The zero-order chi connectivity index (χ0) is 23.2. The molecule has 33 heavy (non-hydrogen) atoms. The van der Waals surface area contributed by atoms with E-state index in [4.69, 9.17) is 8.92 Å². The number of rotatable bonds is 9. The van der Waals surface area contributed by atoms with Crippen LogP contribution >= 0.6 is 0 Å². The van der Waals surface area contributed by atoms with Gasteiger partial charge in [-0.1, -0.05) is 91.0 Å². The van der Waals surface area contributed by atoms with Crippen LogP contribution in [0.4, 0.5) is 0 Å². The molecule has 0 bridgehead atoms. The Kier molecular flexibility index (Phi) is 7.63.